The molecule has 0 fully saturated rings. The van der Waals surface area contributed by atoms with Crippen LogP contribution in [0, 0.1) is 11.6 Å². The summed E-state index contributed by atoms with van der Waals surface area (Å²) in [7, 11) is -3.78. The Morgan fingerprint density at radius 3 is 2.32 bits per heavy atom. The van der Waals surface area contributed by atoms with Crippen LogP contribution in [-0.2, 0) is 10.0 Å². The maximum Gasteiger partial charge on any atom is 0.262 e. The highest BCUT2D eigenvalue weighted by atomic mass is 32.2. The van der Waals surface area contributed by atoms with Gasteiger partial charge in [-0.25, -0.2) is 17.2 Å². The number of hydrogen-bond donors (Lipinski definition) is 2. The van der Waals surface area contributed by atoms with Crippen molar-refractivity contribution < 1.29 is 22.0 Å². The van der Waals surface area contributed by atoms with Gasteiger partial charge in [-0.2, -0.15) is 0 Å². The van der Waals surface area contributed by atoms with E-state index in [1.54, 1.807) is 0 Å². The van der Waals surface area contributed by atoms with E-state index in [2.05, 4.69) is 15.0 Å². The molecule has 0 radical (unpaired) electrons. The molecule has 0 spiro atoms. The summed E-state index contributed by atoms with van der Waals surface area (Å²) in [5, 5.41) is 2.47. The van der Waals surface area contributed by atoms with Gasteiger partial charge in [-0.1, -0.05) is 6.42 Å². The van der Waals surface area contributed by atoms with Gasteiger partial charge in [0, 0.05) is 30.3 Å². The summed E-state index contributed by atoms with van der Waals surface area (Å²) < 4.78 is 53.9. The zero-order valence-corrected chi connectivity index (χ0v) is 15.7. The summed E-state index contributed by atoms with van der Waals surface area (Å²) in [6.45, 7) is 0.601. The number of carbonyl (C=O) groups excluding carboxylic acids is 1. The Balaban J connectivity index is 1.70. The molecule has 0 unspecified atom stereocenters. The topological polar surface area (TPSA) is 87.6 Å². The van der Waals surface area contributed by atoms with E-state index in [0.717, 1.165) is 31.4 Å². The molecule has 0 bridgehead atoms. The monoisotopic (exact) mass is 407 g/mol. The molecular weight excluding hydrogens is 388 g/mol. The Morgan fingerprint density at radius 1 is 0.964 bits per heavy atom. The third-order valence-electron chi connectivity index (χ3n) is 4.17. The van der Waals surface area contributed by atoms with Crippen molar-refractivity contribution in [1.29, 1.82) is 0 Å². The van der Waals surface area contributed by atoms with Crippen LogP contribution in [0.25, 0.3) is 0 Å². The van der Waals surface area contributed by atoms with Crippen molar-refractivity contribution in [1.82, 2.24) is 4.72 Å². The minimum Gasteiger partial charge on any atom is -0.322 e. The van der Waals surface area contributed by atoms with Gasteiger partial charge in [-0.3, -0.25) is 14.5 Å². The van der Waals surface area contributed by atoms with E-state index in [-0.39, 0.29) is 10.5 Å². The van der Waals surface area contributed by atoms with E-state index >= 15 is 0 Å². The predicted molar refractivity (Wildman–Crippen MR) is 102 cm³/mol. The van der Waals surface area contributed by atoms with Crippen molar-refractivity contribution in [2.45, 2.75) is 30.6 Å². The van der Waals surface area contributed by atoms with Gasteiger partial charge >= 0.3 is 0 Å². The Kier molecular flexibility index (Phi) is 6.03. The number of aliphatic imine (C=N–C) groups is 1. The van der Waals surface area contributed by atoms with Gasteiger partial charge in [0.2, 0.25) is 0 Å². The van der Waals surface area contributed by atoms with E-state index in [0.29, 0.717) is 30.6 Å². The Morgan fingerprint density at radius 2 is 1.64 bits per heavy atom. The quantitative estimate of drug-likeness (QED) is 0.814. The minimum atomic E-state index is -3.78. The summed E-state index contributed by atoms with van der Waals surface area (Å²) >= 11 is 0. The molecule has 1 aliphatic heterocycles. The summed E-state index contributed by atoms with van der Waals surface area (Å²) in [6, 6.07) is 7.96. The van der Waals surface area contributed by atoms with Crippen molar-refractivity contribution in [2.75, 3.05) is 11.9 Å². The van der Waals surface area contributed by atoms with Gasteiger partial charge in [-0.05, 0) is 49.2 Å². The second-order valence-corrected chi connectivity index (χ2v) is 8.06. The van der Waals surface area contributed by atoms with Crippen LogP contribution in [0.4, 0.5) is 14.5 Å². The van der Waals surface area contributed by atoms with Gasteiger partial charge < -0.3 is 5.32 Å². The van der Waals surface area contributed by atoms with Gasteiger partial charge in [0.05, 0.1) is 4.90 Å². The molecule has 0 aromatic heterocycles. The van der Waals surface area contributed by atoms with E-state index in [1.807, 2.05) is 0 Å². The van der Waals surface area contributed by atoms with E-state index in [1.165, 1.54) is 24.3 Å². The minimum absolute atomic E-state index is 0.0224. The SMILES string of the molecule is O=C(Nc1ccc(S(=O)(=O)NC2=NCCCCC2)cc1)c1cc(F)cc(F)c1. The number of rotatable bonds is 4. The number of nitrogens with zero attached hydrogens (tertiary/aromatic N) is 1. The fourth-order valence-corrected chi connectivity index (χ4v) is 3.87. The number of amides is 1. The lowest BCUT2D eigenvalue weighted by Gasteiger charge is -2.11. The molecule has 2 aromatic rings. The van der Waals surface area contributed by atoms with Gasteiger partial charge in [-0.15, -0.1) is 0 Å². The number of carbonyl (C=O) groups is 1. The number of benzene rings is 2. The number of sulfonamides is 1. The van der Waals surface area contributed by atoms with Crippen LogP contribution >= 0.6 is 0 Å². The first-order valence-electron chi connectivity index (χ1n) is 8.77. The summed E-state index contributed by atoms with van der Waals surface area (Å²) in [6.07, 6.45) is 3.41. The number of nitrogens with one attached hydrogen (secondary N) is 2. The molecule has 0 aliphatic carbocycles. The first kappa shape index (κ1) is 19.9. The molecule has 2 N–H and O–H groups in total. The molecule has 2 aromatic carbocycles. The van der Waals surface area contributed by atoms with E-state index in [9.17, 15) is 22.0 Å². The number of hydrogen-bond acceptors (Lipinski definition) is 4. The van der Waals surface area contributed by atoms with Gasteiger partial charge in [0.1, 0.15) is 17.5 Å². The molecule has 1 amide bonds. The largest absolute Gasteiger partial charge is 0.322 e. The van der Waals surface area contributed by atoms with E-state index in [4.69, 9.17) is 0 Å². The van der Waals surface area contributed by atoms with Gasteiger partial charge in [0.15, 0.2) is 0 Å². The highest BCUT2D eigenvalue weighted by Crippen LogP contribution is 2.17. The highest BCUT2D eigenvalue weighted by molar-refractivity contribution is 7.90. The fraction of sp³-hybridized carbons (Fsp3) is 0.263. The molecule has 9 heteroatoms. The number of amidine groups is 1. The van der Waals surface area contributed by atoms with Crippen LogP contribution < -0.4 is 10.0 Å². The molecule has 28 heavy (non-hydrogen) atoms. The first-order chi connectivity index (χ1) is 13.3. The second-order valence-electron chi connectivity index (χ2n) is 6.38. The zero-order chi connectivity index (χ0) is 20.1. The smallest absolute Gasteiger partial charge is 0.262 e. The van der Waals surface area contributed by atoms with Crippen LogP contribution in [0.2, 0.25) is 0 Å². The molecule has 148 valence electrons. The maximum atomic E-state index is 13.2. The lowest BCUT2D eigenvalue weighted by molar-refractivity contribution is 0.102. The summed E-state index contributed by atoms with van der Waals surface area (Å²) in [5.41, 5.74) is 0.114. The third-order valence-corrected chi connectivity index (χ3v) is 5.57. The Hall–Kier alpha value is -2.81. The molecule has 0 saturated heterocycles. The first-order valence-corrected chi connectivity index (χ1v) is 10.3. The molecule has 1 aliphatic rings. The zero-order valence-electron chi connectivity index (χ0n) is 14.9. The van der Waals surface area contributed by atoms with Crippen molar-refractivity contribution in [3.05, 3.63) is 59.7 Å². The van der Waals surface area contributed by atoms with Crippen LogP contribution in [0.1, 0.15) is 36.0 Å². The highest BCUT2D eigenvalue weighted by Gasteiger charge is 2.17. The molecule has 0 saturated carbocycles. The molecular formula is C19H19F2N3O3S. The molecule has 0 atom stereocenters. The Labute approximate surface area is 161 Å². The van der Waals surface area contributed by atoms with Crippen molar-refractivity contribution in [2.24, 2.45) is 4.99 Å². The molecule has 3 rings (SSSR count). The molecule has 6 nitrogen and oxygen atoms in total. The van der Waals surface area contributed by atoms with Crippen LogP contribution in [-0.4, -0.2) is 26.7 Å². The van der Waals surface area contributed by atoms with Crippen molar-refractivity contribution in [3.8, 4) is 0 Å². The average Bonchev–Trinajstić information content (AvgIpc) is 2.89. The van der Waals surface area contributed by atoms with Crippen LogP contribution in [0.15, 0.2) is 52.4 Å². The lowest BCUT2D eigenvalue weighted by atomic mass is 10.2. The van der Waals surface area contributed by atoms with Crippen molar-refractivity contribution in [3.63, 3.8) is 0 Å². The summed E-state index contributed by atoms with van der Waals surface area (Å²) in [4.78, 5) is 16.4. The second kappa shape index (κ2) is 8.47. The van der Waals surface area contributed by atoms with E-state index < -0.39 is 27.6 Å². The van der Waals surface area contributed by atoms with Gasteiger partial charge in [0.25, 0.3) is 15.9 Å². The average molecular weight is 407 g/mol. The lowest BCUT2D eigenvalue weighted by Crippen LogP contribution is -2.30. The van der Waals surface area contributed by atoms with Crippen molar-refractivity contribution >= 4 is 27.5 Å². The third kappa shape index (κ3) is 5.13. The number of halogens is 2. The maximum absolute atomic E-state index is 13.2. The Bertz CT molecular complexity index is 985. The fourth-order valence-electron chi connectivity index (χ4n) is 2.78. The normalized spacial score (nSPS) is 14.7. The standard InChI is InChI=1S/C19H19F2N3O3S/c20-14-10-13(11-15(21)12-14)19(25)23-16-5-7-17(8-6-16)28(26,27)24-18-4-2-1-3-9-22-18/h5-8,10-12H,1-4,9H2,(H,22,24)(H,23,25). The summed E-state index contributed by atoms with van der Waals surface area (Å²) in [5.74, 6) is -1.99. The van der Waals surface area contributed by atoms with Crippen LogP contribution in [0.5, 0.6) is 0 Å². The molecule has 1 heterocycles. The van der Waals surface area contributed by atoms with Crippen LogP contribution in [0.3, 0.4) is 0 Å². The number of anilines is 1. The predicted octanol–water partition coefficient (Wildman–Crippen LogP) is 3.47.